The number of carbonyl (C=O) groups excluding carboxylic acids is 2. The molecule has 2 amide bonds. The fourth-order valence-corrected chi connectivity index (χ4v) is 11.1. The van der Waals surface area contributed by atoms with Gasteiger partial charge in [0.05, 0.1) is 41.0 Å². The normalized spacial score (nSPS) is 20.3. The molecule has 10 heteroatoms. The Hall–Kier alpha value is -4.64. The topological polar surface area (TPSA) is 107 Å². The molecule has 51 heavy (non-hydrogen) atoms. The summed E-state index contributed by atoms with van der Waals surface area (Å²) in [5.41, 5.74) is 4.13. The van der Waals surface area contributed by atoms with Crippen LogP contribution in [0.5, 0.6) is 17.2 Å². The number of anilines is 1. The number of aliphatic hydroxyl groups is 1. The fourth-order valence-electron chi connectivity index (χ4n) is 7.77. The van der Waals surface area contributed by atoms with E-state index in [1.807, 2.05) is 47.4 Å². The zero-order chi connectivity index (χ0) is 36.3. The maximum Gasteiger partial charge on any atom is 0.255 e. The lowest BCUT2D eigenvalue weighted by atomic mass is 9.86. The van der Waals surface area contributed by atoms with Gasteiger partial charge in [0.1, 0.15) is 23.4 Å². The molecule has 0 saturated heterocycles. The summed E-state index contributed by atoms with van der Waals surface area (Å²) in [6, 6.07) is 28.6. The standard InChI is InChI=1S/C41H48N2O7Si/c1-26-39(49-4)35-22-30(42-41(46)27-11-14-32(47-2)15-12-27)13-20-36(35)50-40(26)37(51(5,6)34-18-16-33(48-3)17-19-34)23-38(45)43-24-29-10-8-7-9-28(29)21-31(43)25-44/h7-20,22,26,31,37,39-40,44H,21,23-25H2,1-6H3,(H,42,46)/t26-,31+,37?,39-,40-/m1/s1. The van der Waals surface area contributed by atoms with Crippen molar-refractivity contribution in [2.45, 2.75) is 63.2 Å². The third-order valence-electron chi connectivity index (χ3n) is 10.9. The molecule has 5 atom stereocenters. The monoisotopic (exact) mass is 708 g/mol. The largest absolute Gasteiger partial charge is 0.497 e. The molecule has 4 aromatic carbocycles. The molecule has 0 spiro atoms. The lowest BCUT2D eigenvalue weighted by Gasteiger charge is -2.46. The highest BCUT2D eigenvalue weighted by Gasteiger charge is 2.49. The maximum atomic E-state index is 14.5. The highest BCUT2D eigenvalue weighted by molar-refractivity contribution is 6.91. The summed E-state index contributed by atoms with van der Waals surface area (Å²) < 4.78 is 23.8. The van der Waals surface area contributed by atoms with Crippen molar-refractivity contribution in [2.75, 3.05) is 33.3 Å². The number of hydrogen-bond acceptors (Lipinski definition) is 7. The van der Waals surface area contributed by atoms with E-state index in [9.17, 15) is 14.7 Å². The van der Waals surface area contributed by atoms with E-state index < -0.39 is 8.07 Å². The van der Waals surface area contributed by atoms with Crippen LogP contribution in [0, 0.1) is 5.92 Å². The highest BCUT2D eigenvalue weighted by atomic mass is 28.3. The van der Waals surface area contributed by atoms with E-state index in [1.165, 1.54) is 10.8 Å². The average Bonchev–Trinajstić information content (AvgIpc) is 3.16. The summed E-state index contributed by atoms with van der Waals surface area (Å²) in [4.78, 5) is 29.5. The molecular formula is C41H48N2O7Si. The van der Waals surface area contributed by atoms with Gasteiger partial charge in [0, 0.05) is 48.3 Å². The van der Waals surface area contributed by atoms with Crippen LogP contribution >= 0.6 is 0 Å². The molecule has 2 heterocycles. The van der Waals surface area contributed by atoms with Gasteiger partial charge >= 0.3 is 0 Å². The van der Waals surface area contributed by atoms with Crippen LogP contribution in [-0.2, 0) is 22.5 Å². The van der Waals surface area contributed by atoms with Crippen molar-refractivity contribution in [3.8, 4) is 17.2 Å². The van der Waals surface area contributed by atoms with Crippen LogP contribution in [0.4, 0.5) is 5.69 Å². The first kappa shape index (κ1) is 36.2. The number of nitrogens with zero attached hydrogens (tertiary/aromatic N) is 1. The molecule has 6 rings (SSSR count). The molecule has 0 aliphatic carbocycles. The molecule has 2 aliphatic rings. The summed E-state index contributed by atoms with van der Waals surface area (Å²) >= 11 is 0. The molecule has 268 valence electrons. The number of nitrogens with one attached hydrogen (secondary N) is 1. The van der Waals surface area contributed by atoms with Gasteiger partial charge in [-0.05, 0) is 72.1 Å². The van der Waals surface area contributed by atoms with Crippen LogP contribution in [0.2, 0.25) is 18.6 Å². The number of ether oxygens (including phenoxy) is 4. The summed E-state index contributed by atoms with van der Waals surface area (Å²) in [6.07, 6.45) is 0.192. The van der Waals surface area contributed by atoms with Gasteiger partial charge in [0.15, 0.2) is 0 Å². The van der Waals surface area contributed by atoms with E-state index in [0.29, 0.717) is 35.7 Å². The van der Waals surface area contributed by atoms with Crippen molar-refractivity contribution in [3.63, 3.8) is 0 Å². The third kappa shape index (κ3) is 7.40. The van der Waals surface area contributed by atoms with E-state index in [1.54, 1.807) is 45.6 Å². The SMILES string of the molecule is COc1ccc(C(=O)Nc2ccc3c(c2)[C@H](OC)[C@@H](C)[C@H](C(CC(=O)N2Cc4ccccc4C[C@H]2CO)[Si](C)(C)c2ccc(OC)cc2)O3)cc1. The van der Waals surface area contributed by atoms with Gasteiger partial charge in [0.2, 0.25) is 5.91 Å². The number of aliphatic hydroxyl groups excluding tert-OH is 1. The van der Waals surface area contributed by atoms with E-state index in [-0.39, 0.29) is 54.6 Å². The molecule has 4 aromatic rings. The van der Waals surface area contributed by atoms with Gasteiger partial charge in [-0.1, -0.05) is 61.6 Å². The Kier molecular flexibility index (Phi) is 10.9. The average molecular weight is 709 g/mol. The van der Waals surface area contributed by atoms with Crippen molar-refractivity contribution >= 4 is 30.8 Å². The molecule has 0 aromatic heterocycles. The van der Waals surface area contributed by atoms with Crippen molar-refractivity contribution in [3.05, 3.63) is 113 Å². The summed E-state index contributed by atoms with van der Waals surface area (Å²) in [5.74, 6) is 1.77. The van der Waals surface area contributed by atoms with Gasteiger partial charge in [-0.25, -0.2) is 0 Å². The van der Waals surface area contributed by atoms with Gasteiger partial charge in [-0.3, -0.25) is 9.59 Å². The minimum atomic E-state index is -2.46. The summed E-state index contributed by atoms with van der Waals surface area (Å²) in [6.45, 7) is 7.08. The minimum Gasteiger partial charge on any atom is -0.497 e. The smallest absolute Gasteiger partial charge is 0.255 e. The second-order valence-electron chi connectivity index (χ2n) is 14.1. The second-order valence-corrected chi connectivity index (χ2v) is 18.9. The zero-order valence-electron chi connectivity index (χ0n) is 30.2. The Morgan fingerprint density at radius 2 is 1.57 bits per heavy atom. The molecule has 0 fully saturated rings. The predicted molar refractivity (Wildman–Crippen MR) is 201 cm³/mol. The maximum absolute atomic E-state index is 14.5. The van der Waals surface area contributed by atoms with Crippen LogP contribution in [0.3, 0.4) is 0 Å². The van der Waals surface area contributed by atoms with E-state index in [4.69, 9.17) is 18.9 Å². The molecule has 9 nitrogen and oxygen atoms in total. The first-order valence-electron chi connectivity index (χ1n) is 17.5. The first-order valence-corrected chi connectivity index (χ1v) is 20.6. The molecular weight excluding hydrogens is 661 g/mol. The number of carbonyl (C=O) groups is 2. The molecule has 2 aliphatic heterocycles. The number of rotatable bonds is 11. The summed E-state index contributed by atoms with van der Waals surface area (Å²) in [5, 5.41) is 14.6. The van der Waals surface area contributed by atoms with Crippen LogP contribution in [0.25, 0.3) is 0 Å². The van der Waals surface area contributed by atoms with Crippen molar-refractivity contribution in [2.24, 2.45) is 5.92 Å². The quantitative estimate of drug-likeness (QED) is 0.175. The third-order valence-corrected chi connectivity index (χ3v) is 15.1. The van der Waals surface area contributed by atoms with E-state index in [2.05, 4.69) is 49.6 Å². The Labute approximate surface area is 301 Å². The lowest BCUT2D eigenvalue weighted by molar-refractivity contribution is -0.136. The lowest BCUT2D eigenvalue weighted by Crippen LogP contribution is -2.56. The van der Waals surface area contributed by atoms with Gasteiger partial charge in [0.25, 0.3) is 5.91 Å². The molecule has 2 N–H and O–H groups in total. The molecule has 0 radical (unpaired) electrons. The zero-order valence-corrected chi connectivity index (χ0v) is 31.2. The van der Waals surface area contributed by atoms with Crippen LogP contribution in [-0.4, -0.2) is 70.0 Å². The minimum absolute atomic E-state index is 0.00907. The second kappa shape index (κ2) is 15.3. The molecule has 0 saturated carbocycles. The van der Waals surface area contributed by atoms with Crippen LogP contribution in [0.15, 0.2) is 91.0 Å². The van der Waals surface area contributed by atoms with Gasteiger partial charge in [-0.2, -0.15) is 0 Å². The number of methoxy groups -OCH3 is 3. The first-order chi connectivity index (χ1) is 24.6. The Balaban J connectivity index is 1.32. The number of fused-ring (bicyclic) bond motifs is 2. The fraction of sp³-hybridized carbons (Fsp3) is 0.366. The number of amides is 2. The molecule has 0 bridgehead atoms. The van der Waals surface area contributed by atoms with Crippen molar-refractivity contribution < 1.29 is 33.6 Å². The van der Waals surface area contributed by atoms with Gasteiger partial charge < -0.3 is 34.3 Å². The number of benzene rings is 4. The summed E-state index contributed by atoms with van der Waals surface area (Å²) in [7, 11) is 2.48. The Morgan fingerprint density at radius 1 is 0.922 bits per heavy atom. The van der Waals surface area contributed by atoms with E-state index in [0.717, 1.165) is 16.9 Å². The molecule has 1 unspecified atom stereocenters. The Bertz CT molecular complexity index is 1850. The van der Waals surface area contributed by atoms with Crippen LogP contribution in [0.1, 0.15) is 46.5 Å². The highest BCUT2D eigenvalue weighted by Crippen LogP contribution is 2.48. The predicted octanol–water partition coefficient (Wildman–Crippen LogP) is 6.36. The van der Waals surface area contributed by atoms with Crippen molar-refractivity contribution in [1.29, 1.82) is 0 Å². The number of hydrogen-bond donors (Lipinski definition) is 2. The van der Waals surface area contributed by atoms with Crippen molar-refractivity contribution in [1.82, 2.24) is 4.90 Å². The van der Waals surface area contributed by atoms with Gasteiger partial charge in [-0.15, -0.1) is 0 Å². The van der Waals surface area contributed by atoms with E-state index >= 15 is 0 Å². The van der Waals surface area contributed by atoms with Crippen LogP contribution < -0.4 is 24.7 Å². The Morgan fingerprint density at radius 3 is 2.20 bits per heavy atom.